The summed E-state index contributed by atoms with van der Waals surface area (Å²) >= 11 is 0. The summed E-state index contributed by atoms with van der Waals surface area (Å²) in [7, 11) is -8.63. The van der Waals surface area contributed by atoms with Gasteiger partial charge in [-0.15, -0.1) is 0 Å². The van der Waals surface area contributed by atoms with E-state index in [1.165, 1.54) is 93.0 Å². The smallest absolute Gasteiger partial charge is 0.336 e. The van der Waals surface area contributed by atoms with Crippen LogP contribution in [0, 0.1) is 13.8 Å². The van der Waals surface area contributed by atoms with Crippen LogP contribution in [0.25, 0.3) is 33.4 Å². The lowest BCUT2D eigenvalue weighted by Gasteiger charge is -2.21. The minimum atomic E-state index is -4.33. The molecule has 0 bridgehead atoms. The van der Waals surface area contributed by atoms with Crippen LogP contribution >= 0.6 is 0 Å². The van der Waals surface area contributed by atoms with Gasteiger partial charge in [0.1, 0.15) is 17.1 Å². The van der Waals surface area contributed by atoms with Gasteiger partial charge in [-0.05, 0) is 61.9 Å². The van der Waals surface area contributed by atoms with Gasteiger partial charge >= 0.3 is 5.97 Å². The van der Waals surface area contributed by atoms with Crippen molar-refractivity contribution in [1.29, 1.82) is 0 Å². The van der Waals surface area contributed by atoms with Crippen molar-refractivity contribution in [2.45, 2.75) is 23.9 Å². The van der Waals surface area contributed by atoms with Crippen LogP contribution < -0.4 is 14.9 Å². The van der Waals surface area contributed by atoms with Crippen LogP contribution in [0.3, 0.4) is 0 Å². The van der Waals surface area contributed by atoms with Gasteiger partial charge in [0.05, 0.1) is 16.9 Å². The number of fused-ring (bicyclic) bond motifs is 2. The Hall–Kier alpha value is -5.80. The van der Waals surface area contributed by atoms with Gasteiger partial charge in [-0.2, -0.15) is 16.8 Å². The van der Waals surface area contributed by atoms with Crippen LogP contribution in [0.2, 0.25) is 0 Å². The summed E-state index contributed by atoms with van der Waals surface area (Å²) in [5.41, 5.74) is -0.983. The van der Waals surface area contributed by atoms with Gasteiger partial charge in [-0.25, -0.2) is 14.8 Å². The molecule has 2 aliphatic rings. The highest BCUT2D eigenvalue weighted by atomic mass is 32.2. The molecule has 15 heteroatoms. The summed E-state index contributed by atoms with van der Waals surface area (Å²) in [6, 6.07) is 17.0. The number of sulfonamides is 2. The summed E-state index contributed by atoms with van der Waals surface area (Å²) in [6.45, 7) is 2.87. The Morgan fingerprint density at radius 2 is 1.34 bits per heavy atom. The Morgan fingerprint density at radius 3 is 1.91 bits per heavy atom. The van der Waals surface area contributed by atoms with E-state index in [4.69, 9.17) is 4.42 Å². The topological polar surface area (TPSA) is 206 Å². The number of aryl methyl sites for hydroxylation is 1. The average Bonchev–Trinajstić information content (AvgIpc) is 3.06. The lowest BCUT2D eigenvalue weighted by Crippen LogP contribution is -2.21. The number of carboxylic acids is 1. The summed E-state index contributed by atoms with van der Waals surface area (Å²) in [5, 5.41) is 20.8. The van der Waals surface area contributed by atoms with Crippen molar-refractivity contribution in [1.82, 2.24) is 9.97 Å². The molecule has 0 saturated carbocycles. The average molecular weight is 673 g/mol. The van der Waals surface area contributed by atoms with E-state index >= 15 is 0 Å². The highest BCUT2D eigenvalue weighted by molar-refractivity contribution is 7.93. The predicted octanol–water partition coefficient (Wildman–Crippen LogP) is 4.98. The lowest BCUT2D eigenvalue weighted by molar-refractivity contribution is 0.0697. The zero-order chi connectivity index (χ0) is 33.7. The van der Waals surface area contributed by atoms with E-state index in [-0.39, 0.29) is 71.5 Å². The fourth-order valence-electron chi connectivity index (χ4n) is 5.19. The number of benzene rings is 3. The number of phenolic OH excluding ortho intramolecular Hbond substituents is 1. The summed E-state index contributed by atoms with van der Waals surface area (Å²) in [6.07, 6.45) is 2.57. The Bertz CT molecular complexity index is 2470. The van der Waals surface area contributed by atoms with E-state index in [9.17, 15) is 36.6 Å². The highest BCUT2D eigenvalue weighted by Crippen LogP contribution is 2.47. The normalized spacial score (nSPS) is 11.9. The zero-order valence-electron chi connectivity index (χ0n) is 24.5. The number of carbonyl (C=O) groups is 1. The van der Waals surface area contributed by atoms with Crippen molar-refractivity contribution in [3.8, 4) is 28.2 Å². The molecule has 4 N–H and O–H groups in total. The number of anilines is 2. The van der Waals surface area contributed by atoms with Gasteiger partial charge < -0.3 is 14.6 Å². The molecule has 6 rings (SSSR count). The molecule has 2 aromatic heterocycles. The van der Waals surface area contributed by atoms with Gasteiger partial charge in [-0.3, -0.25) is 14.2 Å². The molecular formula is C32H24N4O9S2. The van der Waals surface area contributed by atoms with E-state index in [0.29, 0.717) is 0 Å². The van der Waals surface area contributed by atoms with Crippen LogP contribution in [0.4, 0.5) is 11.4 Å². The van der Waals surface area contributed by atoms with Crippen molar-refractivity contribution in [3.05, 3.63) is 112 Å². The number of hydrogen-bond acceptors (Lipinski definition) is 10. The molecule has 3 heterocycles. The summed E-state index contributed by atoms with van der Waals surface area (Å²) in [5.74, 6) is -1.79. The molecule has 13 nitrogen and oxygen atoms in total. The molecule has 0 saturated heterocycles. The first-order valence-electron chi connectivity index (χ1n) is 13.8. The van der Waals surface area contributed by atoms with E-state index in [2.05, 4.69) is 19.4 Å². The fraction of sp³-hybridized carbons (Fsp3) is 0.0625. The third-order valence-electron chi connectivity index (χ3n) is 7.43. The summed E-state index contributed by atoms with van der Waals surface area (Å²) < 4.78 is 63.5. The standard InChI is InChI=1S/C32H24N4O9S2/c1-17-28(37)23(35-46(41,42)25-11-5-7-13-33-25)15-21-27(19-9-3-4-10-20(19)32(39)40)22-16-24(29(38)18(2)31(22)45-30(17)21)36-47(43,44)26-12-6-8-14-34-26/h3-16,35-37H,1-2H3,(H,39,40). The van der Waals surface area contributed by atoms with Crippen LogP contribution in [-0.2, 0) is 20.0 Å². The van der Waals surface area contributed by atoms with Crippen molar-refractivity contribution in [3.63, 3.8) is 0 Å². The quantitative estimate of drug-likeness (QED) is 0.125. The van der Waals surface area contributed by atoms with E-state index < -0.39 is 37.2 Å². The van der Waals surface area contributed by atoms with Gasteiger partial charge in [0.15, 0.2) is 10.1 Å². The first kappa shape index (κ1) is 31.2. The number of nitrogens with one attached hydrogen (secondary N) is 2. The number of aromatic nitrogens is 2. The third-order valence-corrected chi connectivity index (χ3v) is 9.99. The Balaban J connectivity index is 1.69. The molecule has 0 fully saturated rings. The van der Waals surface area contributed by atoms with Gasteiger partial charge in [0, 0.05) is 40.0 Å². The second-order valence-electron chi connectivity index (χ2n) is 10.4. The fourth-order valence-corrected chi connectivity index (χ4v) is 7.20. The monoisotopic (exact) mass is 672 g/mol. The number of nitrogens with zero attached hydrogens (tertiary/aromatic N) is 2. The number of rotatable bonds is 8. The molecular weight excluding hydrogens is 649 g/mol. The highest BCUT2D eigenvalue weighted by Gasteiger charge is 2.29. The van der Waals surface area contributed by atoms with Crippen molar-refractivity contribution in [2.24, 2.45) is 0 Å². The molecule has 2 aromatic carbocycles. The zero-order valence-corrected chi connectivity index (χ0v) is 26.2. The molecule has 0 atom stereocenters. The van der Waals surface area contributed by atoms with Crippen LogP contribution in [0.5, 0.6) is 5.75 Å². The maximum Gasteiger partial charge on any atom is 0.336 e. The number of aromatic hydroxyl groups is 1. The van der Waals surface area contributed by atoms with Crippen LogP contribution in [0.15, 0.2) is 104 Å². The van der Waals surface area contributed by atoms with E-state index in [0.717, 1.165) is 0 Å². The van der Waals surface area contributed by atoms with E-state index in [1.807, 2.05) is 0 Å². The predicted molar refractivity (Wildman–Crippen MR) is 173 cm³/mol. The van der Waals surface area contributed by atoms with Crippen molar-refractivity contribution in [2.75, 3.05) is 9.44 Å². The molecule has 4 aromatic rings. The lowest BCUT2D eigenvalue weighted by atomic mass is 9.88. The minimum absolute atomic E-state index is 0.0113. The molecule has 47 heavy (non-hydrogen) atoms. The van der Waals surface area contributed by atoms with E-state index in [1.54, 1.807) is 6.07 Å². The van der Waals surface area contributed by atoms with Crippen molar-refractivity contribution < 1.29 is 36.3 Å². The Morgan fingerprint density at radius 1 is 0.766 bits per heavy atom. The first-order chi connectivity index (χ1) is 22.3. The second kappa shape index (κ2) is 11.5. The maximum absolute atomic E-state index is 13.5. The number of carboxylic acid groups (broad SMARTS) is 1. The Labute approximate surface area is 267 Å². The van der Waals surface area contributed by atoms with Gasteiger partial charge in [0.2, 0.25) is 5.43 Å². The van der Waals surface area contributed by atoms with Crippen LogP contribution in [0.1, 0.15) is 21.5 Å². The molecule has 1 aliphatic carbocycles. The third kappa shape index (κ3) is 5.51. The number of phenols is 1. The molecule has 0 amide bonds. The van der Waals surface area contributed by atoms with Crippen LogP contribution in [-0.4, -0.2) is 43.0 Å². The molecule has 0 unspecified atom stereocenters. The molecule has 1 aliphatic heterocycles. The number of pyridine rings is 2. The van der Waals surface area contributed by atoms with Gasteiger partial charge in [0.25, 0.3) is 20.0 Å². The SMILES string of the molecule is Cc1c2oc3c(C)c(O)c(NS(=O)(=O)c4ccccn4)cc3c(-c3ccccc3C(=O)O)c-2cc(NS(=O)(=O)c2ccccn2)c1=O. The Kier molecular flexibility index (Phi) is 7.65. The molecule has 0 radical (unpaired) electrons. The summed E-state index contributed by atoms with van der Waals surface area (Å²) in [4.78, 5) is 33.7. The minimum Gasteiger partial charge on any atom is -0.505 e. The number of hydrogen-bond donors (Lipinski definition) is 4. The first-order valence-corrected chi connectivity index (χ1v) is 16.7. The molecule has 238 valence electrons. The maximum atomic E-state index is 13.5. The van der Waals surface area contributed by atoms with Gasteiger partial charge in [-0.1, -0.05) is 30.3 Å². The second-order valence-corrected chi connectivity index (χ2v) is 13.7. The largest absolute Gasteiger partial charge is 0.505 e. The molecule has 0 spiro atoms. The van der Waals surface area contributed by atoms with Crippen molar-refractivity contribution >= 4 is 48.4 Å². The number of aromatic carboxylic acids is 1.